The highest BCUT2D eigenvalue weighted by atomic mass is 79.9. The molecule has 0 aliphatic heterocycles. The Balaban J connectivity index is 2.40. The third-order valence-corrected chi connectivity index (χ3v) is 4.88. The average molecular weight is 358 g/mol. The van der Waals surface area contributed by atoms with Gasteiger partial charge < -0.3 is 0 Å². The van der Waals surface area contributed by atoms with Crippen molar-refractivity contribution in [1.82, 2.24) is 0 Å². The molecular weight excluding hydrogens is 345 g/mol. The molecule has 0 aliphatic carbocycles. The minimum absolute atomic E-state index is 0.160. The van der Waals surface area contributed by atoms with Crippen molar-refractivity contribution in [2.75, 3.05) is 4.72 Å². The van der Waals surface area contributed by atoms with Crippen LogP contribution >= 0.6 is 15.9 Å². The maximum absolute atomic E-state index is 13.5. The molecule has 0 aromatic heterocycles. The molecule has 6 heteroatoms. The molecule has 20 heavy (non-hydrogen) atoms. The Morgan fingerprint density at radius 2 is 1.70 bits per heavy atom. The Kier molecular flexibility index (Phi) is 4.15. The highest BCUT2D eigenvalue weighted by Crippen LogP contribution is 2.23. The summed E-state index contributed by atoms with van der Waals surface area (Å²) in [6.07, 6.45) is 0. The van der Waals surface area contributed by atoms with Gasteiger partial charge in [0.15, 0.2) is 0 Å². The Bertz CT molecular complexity index is 760. The molecular formula is C14H13BrFNO2S. The molecule has 0 bridgehead atoms. The van der Waals surface area contributed by atoms with Crippen molar-refractivity contribution in [3.63, 3.8) is 0 Å². The summed E-state index contributed by atoms with van der Waals surface area (Å²) in [5.74, 6) is -0.448. The molecule has 0 aliphatic rings. The Morgan fingerprint density at radius 3 is 2.35 bits per heavy atom. The molecule has 0 saturated heterocycles. The van der Waals surface area contributed by atoms with Gasteiger partial charge in [0.05, 0.1) is 10.6 Å². The molecule has 0 amide bonds. The van der Waals surface area contributed by atoms with Crippen molar-refractivity contribution in [3.05, 3.63) is 57.8 Å². The molecule has 0 unspecified atom stereocenters. The maximum atomic E-state index is 13.5. The fraction of sp³-hybridized carbons (Fsp3) is 0.143. The van der Waals surface area contributed by atoms with E-state index in [9.17, 15) is 12.8 Å². The lowest BCUT2D eigenvalue weighted by Gasteiger charge is -2.11. The molecule has 2 aromatic rings. The van der Waals surface area contributed by atoms with E-state index in [1.165, 1.54) is 24.3 Å². The van der Waals surface area contributed by atoms with E-state index < -0.39 is 15.8 Å². The molecule has 0 saturated carbocycles. The fourth-order valence-electron chi connectivity index (χ4n) is 1.73. The lowest BCUT2D eigenvalue weighted by Crippen LogP contribution is -2.14. The zero-order valence-electron chi connectivity index (χ0n) is 10.9. The summed E-state index contributed by atoms with van der Waals surface area (Å²) in [6, 6.07) is 9.21. The van der Waals surface area contributed by atoms with E-state index in [0.29, 0.717) is 15.6 Å². The molecule has 0 fully saturated rings. The van der Waals surface area contributed by atoms with Crippen LogP contribution in [0.5, 0.6) is 0 Å². The normalized spacial score (nSPS) is 11.4. The van der Waals surface area contributed by atoms with E-state index in [2.05, 4.69) is 20.7 Å². The number of rotatable bonds is 3. The van der Waals surface area contributed by atoms with Crippen LogP contribution in [0.4, 0.5) is 10.1 Å². The number of hydrogen-bond acceptors (Lipinski definition) is 2. The molecule has 0 heterocycles. The second kappa shape index (κ2) is 5.54. The lowest BCUT2D eigenvalue weighted by atomic mass is 10.2. The predicted molar refractivity (Wildman–Crippen MR) is 80.8 cm³/mol. The molecule has 2 rings (SSSR count). The number of anilines is 1. The number of halogens is 2. The van der Waals surface area contributed by atoms with Crippen molar-refractivity contribution in [2.24, 2.45) is 0 Å². The summed E-state index contributed by atoms with van der Waals surface area (Å²) in [5, 5.41) is 0. The fourth-order valence-corrected chi connectivity index (χ4v) is 3.56. The predicted octanol–water partition coefficient (Wildman–Crippen LogP) is 4.01. The first-order valence-electron chi connectivity index (χ1n) is 5.85. The van der Waals surface area contributed by atoms with Gasteiger partial charge in [0, 0.05) is 4.47 Å². The van der Waals surface area contributed by atoms with Gasteiger partial charge >= 0.3 is 0 Å². The van der Waals surface area contributed by atoms with Crippen LogP contribution in [0.1, 0.15) is 11.1 Å². The summed E-state index contributed by atoms with van der Waals surface area (Å²) >= 11 is 3.24. The van der Waals surface area contributed by atoms with Gasteiger partial charge in [-0.05, 0) is 49.2 Å². The first kappa shape index (κ1) is 15.0. The zero-order valence-corrected chi connectivity index (χ0v) is 13.3. The molecule has 0 spiro atoms. The topological polar surface area (TPSA) is 46.2 Å². The van der Waals surface area contributed by atoms with E-state index in [1.54, 1.807) is 26.0 Å². The molecule has 1 N–H and O–H groups in total. The number of benzene rings is 2. The SMILES string of the molecule is Cc1ccc(NS(=O)(=O)c2cc(Br)ccc2C)cc1F. The Hall–Kier alpha value is -1.40. The second-order valence-electron chi connectivity index (χ2n) is 4.48. The Labute approximate surface area is 126 Å². The van der Waals surface area contributed by atoms with E-state index in [0.717, 1.165) is 0 Å². The zero-order chi connectivity index (χ0) is 14.9. The van der Waals surface area contributed by atoms with Gasteiger partial charge in [-0.1, -0.05) is 28.1 Å². The van der Waals surface area contributed by atoms with Crippen LogP contribution in [-0.2, 0) is 10.0 Å². The van der Waals surface area contributed by atoms with Crippen molar-refractivity contribution in [2.45, 2.75) is 18.7 Å². The smallest absolute Gasteiger partial charge is 0.262 e. The van der Waals surface area contributed by atoms with Crippen molar-refractivity contribution >= 4 is 31.6 Å². The van der Waals surface area contributed by atoms with E-state index in [1.807, 2.05) is 0 Å². The van der Waals surface area contributed by atoms with Gasteiger partial charge in [-0.25, -0.2) is 12.8 Å². The summed E-state index contributed by atoms with van der Waals surface area (Å²) < 4.78 is 41.1. The van der Waals surface area contributed by atoms with Crippen LogP contribution < -0.4 is 4.72 Å². The van der Waals surface area contributed by atoms with E-state index in [-0.39, 0.29) is 10.6 Å². The molecule has 0 radical (unpaired) electrons. The number of nitrogens with one attached hydrogen (secondary N) is 1. The van der Waals surface area contributed by atoms with Gasteiger partial charge in [0.25, 0.3) is 10.0 Å². The first-order valence-corrected chi connectivity index (χ1v) is 8.12. The van der Waals surface area contributed by atoms with E-state index >= 15 is 0 Å². The van der Waals surface area contributed by atoms with Crippen LogP contribution in [-0.4, -0.2) is 8.42 Å². The standard InChI is InChI=1S/C14H13BrFNO2S/c1-9-4-6-12(8-13(9)16)17-20(18,19)14-7-11(15)5-3-10(14)2/h3-8,17H,1-2H3. The monoisotopic (exact) mass is 357 g/mol. The first-order chi connectivity index (χ1) is 9.29. The summed E-state index contributed by atoms with van der Waals surface area (Å²) in [6.45, 7) is 3.32. The number of sulfonamides is 1. The van der Waals surface area contributed by atoms with E-state index in [4.69, 9.17) is 0 Å². The van der Waals surface area contributed by atoms with Gasteiger partial charge in [-0.2, -0.15) is 0 Å². The largest absolute Gasteiger partial charge is 0.280 e. The number of aryl methyl sites for hydroxylation is 2. The van der Waals surface area contributed by atoms with Gasteiger partial charge in [0.1, 0.15) is 5.82 Å². The Morgan fingerprint density at radius 1 is 1.05 bits per heavy atom. The minimum Gasteiger partial charge on any atom is -0.280 e. The van der Waals surface area contributed by atoms with Gasteiger partial charge in [-0.15, -0.1) is 0 Å². The van der Waals surface area contributed by atoms with Crippen molar-refractivity contribution in [1.29, 1.82) is 0 Å². The third-order valence-electron chi connectivity index (χ3n) is 2.86. The molecule has 0 atom stereocenters. The number of hydrogen-bond donors (Lipinski definition) is 1. The second-order valence-corrected chi connectivity index (χ2v) is 7.05. The minimum atomic E-state index is -3.74. The average Bonchev–Trinajstić information content (AvgIpc) is 2.36. The van der Waals surface area contributed by atoms with Gasteiger partial charge in [0.2, 0.25) is 0 Å². The van der Waals surface area contributed by atoms with Crippen LogP contribution in [0.2, 0.25) is 0 Å². The summed E-state index contributed by atoms with van der Waals surface area (Å²) in [7, 11) is -3.74. The summed E-state index contributed by atoms with van der Waals surface area (Å²) in [5.41, 5.74) is 1.28. The summed E-state index contributed by atoms with van der Waals surface area (Å²) in [4.78, 5) is 0.160. The van der Waals surface area contributed by atoms with Gasteiger partial charge in [-0.3, -0.25) is 4.72 Å². The quantitative estimate of drug-likeness (QED) is 0.901. The van der Waals surface area contributed by atoms with Crippen LogP contribution in [0, 0.1) is 19.7 Å². The van der Waals surface area contributed by atoms with Crippen molar-refractivity contribution < 1.29 is 12.8 Å². The van der Waals surface area contributed by atoms with Crippen LogP contribution in [0.3, 0.4) is 0 Å². The van der Waals surface area contributed by atoms with Crippen LogP contribution in [0.25, 0.3) is 0 Å². The maximum Gasteiger partial charge on any atom is 0.262 e. The highest BCUT2D eigenvalue weighted by molar-refractivity contribution is 9.10. The highest BCUT2D eigenvalue weighted by Gasteiger charge is 2.17. The molecule has 106 valence electrons. The lowest BCUT2D eigenvalue weighted by molar-refractivity contribution is 0.600. The third kappa shape index (κ3) is 3.19. The molecule has 2 aromatic carbocycles. The van der Waals surface area contributed by atoms with Crippen molar-refractivity contribution in [3.8, 4) is 0 Å². The molecule has 3 nitrogen and oxygen atoms in total. The van der Waals surface area contributed by atoms with Crippen LogP contribution in [0.15, 0.2) is 45.8 Å².